The summed E-state index contributed by atoms with van der Waals surface area (Å²) >= 11 is 5.43. The second-order valence-electron chi connectivity index (χ2n) is 2.52. The van der Waals surface area contributed by atoms with E-state index in [1.54, 1.807) is 36.7 Å². The highest BCUT2D eigenvalue weighted by Crippen LogP contribution is 1.98. The molecule has 0 amide bonds. The molecule has 2 aromatic heterocycles. The first-order chi connectivity index (χ1) is 7.33. The average molecular weight is 221 g/mol. The number of hydrogen-bond donors (Lipinski definition) is 0. The number of halogens is 1. The summed E-state index contributed by atoms with van der Waals surface area (Å²) in [6.07, 6.45) is 3.96. The first-order valence-corrected chi connectivity index (χ1v) is 4.63. The average Bonchev–Trinajstić information content (AvgIpc) is 2.32. The Morgan fingerprint density at radius 2 is 1.67 bits per heavy atom. The zero-order chi connectivity index (χ0) is 10.9. The Hall–Kier alpha value is -1.74. The van der Waals surface area contributed by atoms with Crippen LogP contribution in [0.15, 0.2) is 48.8 Å². The SMILES string of the molecule is Clc1ccccn1.O=Cc1ccccn1. The summed E-state index contributed by atoms with van der Waals surface area (Å²) in [5, 5.41) is 0.544. The van der Waals surface area contributed by atoms with Gasteiger partial charge in [0.2, 0.25) is 0 Å². The molecule has 2 rings (SSSR count). The lowest BCUT2D eigenvalue weighted by atomic mass is 10.4. The first-order valence-electron chi connectivity index (χ1n) is 4.25. The molecule has 0 aliphatic heterocycles. The van der Waals surface area contributed by atoms with Gasteiger partial charge in [-0.1, -0.05) is 23.7 Å². The Morgan fingerprint density at radius 3 is 1.93 bits per heavy atom. The Labute approximate surface area is 92.8 Å². The second-order valence-corrected chi connectivity index (χ2v) is 2.91. The number of carbonyl (C=O) groups excluding carboxylic acids is 1. The molecule has 2 heterocycles. The molecule has 0 saturated heterocycles. The smallest absolute Gasteiger partial charge is 0.168 e. The molecule has 0 bridgehead atoms. The zero-order valence-electron chi connectivity index (χ0n) is 7.88. The summed E-state index contributed by atoms with van der Waals surface area (Å²) in [4.78, 5) is 17.4. The van der Waals surface area contributed by atoms with E-state index in [0.717, 1.165) is 6.29 Å². The fourth-order valence-electron chi connectivity index (χ4n) is 0.788. The summed E-state index contributed by atoms with van der Waals surface area (Å²) in [6, 6.07) is 10.6. The minimum absolute atomic E-state index is 0.479. The normalized spacial score (nSPS) is 8.60. The molecule has 0 aromatic carbocycles. The molecule has 4 heteroatoms. The number of aldehydes is 1. The van der Waals surface area contributed by atoms with Crippen molar-refractivity contribution in [2.45, 2.75) is 0 Å². The van der Waals surface area contributed by atoms with Crippen molar-refractivity contribution in [3.63, 3.8) is 0 Å². The van der Waals surface area contributed by atoms with Crippen LogP contribution >= 0.6 is 11.6 Å². The maximum absolute atomic E-state index is 9.94. The van der Waals surface area contributed by atoms with E-state index in [9.17, 15) is 4.79 Å². The fraction of sp³-hybridized carbons (Fsp3) is 0. The van der Waals surface area contributed by atoms with Crippen molar-refractivity contribution in [1.82, 2.24) is 9.97 Å². The Bertz CT molecular complexity index is 392. The van der Waals surface area contributed by atoms with Gasteiger partial charge in [0, 0.05) is 12.4 Å². The van der Waals surface area contributed by atoms with Crippen LogP contribution in [0.4, 0.5) is 0 Å². The van der Waals surface area contributed by atoms with Crippen LogP contribution in [0.5, 0.6) is 0 Å². The minimum Gasteiger partial charge on any atom is -0.296 e. The van der Waals surface area contributed by atoms with Gasteiger partial charge in [0.25, 0.3) is 0 Å². The van der Waals surface area contributed by atoms with Gasteiger partial charge >= 0.3 is 0 Å². The monoisotopic (exact) mass is 220 g/mol. The Balaban J connectivity index is 0.000000151. The molecule has 15 heavy (non-hydrogen) atoms. The highest BCUT2D eigenvalue weighted by Gasteiger charge is 1.81. The predicted molar refractivity (Wildman–Crippen MR) is 58.9 cm³/mol. The second kappa shape index (κ2) is 6.68. The van der Waals surface area contributed by atoms with Crippen LogP contribution < -0.4 is 0 Å². The lowest BCUT2D eigenvalue weighted by molar-refractivity contribution is 0.111. The first kappa shape index (κ1) is 11.3. The molecule has 0 fully saturated rings. The number of nitrogens with zero attached hydrogens (tertiary/aromatic N) is 2. The van der Waals surface area contributed by atoms with Crippen molar-refractivity contribution >= 4 is 17.9 Å². The third kappa shape index (κ3) is 4.88. The van der Waals surface area contributed by atoms with Crippen LogP contribution in [0, 0.1) is 0 Å². The van der Waals surface area contributed by atoms with Gasteiger partial charge in [-0.15, -0.1) is 0 Å². The van der Waals surface area contributed by atoms with Crippen molar-refractivity contribution in [1.29, 1.82) is 0 Å². The highest BCUT2D eigenvalue weighted by molar-refractivity contribution is 6.29. The quantitative estimate of drug-likeness (QED) is 0.548. The number of pyridine rings is 2. The largest absolute Gasteiger partial charge is 0.296 e. The maximum Gasteiger partial charge on any atom is 0.168 e. The molecule has 0 aliphatic rings. The molecule has 3 nitrogen and oxygen atoms in total. The van der Waals surface area contributed by atoms with Gasteiger partial charge < -0.3 is 0 Å². The summed E-state index contributed by atoms with van der Waals surface area (Å²) in [5.74, 6) is 0. The van der Waals surface area contributed by atoms with Gasteiger partial charge in [0.15, 0.2) is 6.29 Å². The van der Waals surface area contributed by atoms with E-state index in [-0.39, 0.29) is 0 Å². The van der Waals surface area contributed by atoms with Crippen LogP contribution in [0.2, 0.25) is 5.15 Å². The van der Waals surface area contributed by atoms with Crippen LogP contribution in [0.3, 0.4) is 0 Å². The highest BCUT2D eigenvalue weighted by atomic mass is 35.5. The molecule has 0 aliphatic carbocycles. The van der Waals surface area contributed by atoms with Crippen molar-refractivity contribution in [2.24, 2.45) is 0 Å². The van der Waals surface area contributed by atoms with E-state index in [4.69, 9.17) is 11.6 Å². The van der Waals surface area contributed by atoms with Gasteiger partial charge in [0.1, 0.15) is 10.8 Å². The lowest BCUT2D eigenvalue weighted by Gasteiger charge is -1.81. The van der Waals surface area contributed by atoms with Gasteiger partial charge in [0.05, 0.1) is 0 Å². The zero-order valence-corrected chi connectivity index (χ0v) is 8.63. The molecule has 0 N–H and O–H groups in total. The van der Waals surface area contributed by atoms with Gasteiger partial charge in [-0.05, 0) is 24.3 Å². The van der Waals surface area contributed by atoms with Gasteiger partial charge in [-0.25, -0.2) is 4.98 Å². The van der Waals surface area contributed by atoms with E-state index >= 15 is 0 Å². The van der Waals surface area contributed by atoms with Crippen molar-refractivity contribution < 1.29 is 4.79 Å². The van der Waals surface area contributed by atoms with Gasteiger partial charge in [-0.2, -0.15) is 0 Å². The number of rotatable bonds is 1. The van der Waals surface area contributed by atoms with Crippen molar-refractivity contribution in [3.8, 4) is 0 Å². The van der Waals surface area contributed by atoms with Crippen LogP contribution in [0.25, 0.3) is 0 Å². The number of carbonyl (C=O) groups is 1. The van der Waals surface area contributed by atoms with E-state index in [1.807, 2.05) is 12.1 Å². The predicted octanol–water partition coefficient (Wildman–Crippen LogP) is 2.63. The van der Waals surface area contributed by atoms with Crippen molar-refractivity contribution in [2.75, 3.05) is 0 Å². The fourth-order valence-corrected chi connectivity index (χ4v) is 0.917. The third-order valence-corrected chi connectivity index (χ3v) is 1.66. The third-order valence-electron chi connectivity index (χ3n) is 1.44. The molecule has 76 valence electrons. The standard InChI is InChI=1S/C6H5NO.C5H4ClN/c8-5-6-3-1-2-4-7-6;6-5-3-1-2-4-7-5/h1-5H;1-4H. The molecule has 0 radical (unpaired) electrons. The van der Waals surface area contributed by atoms with E-state index < -0.39 is 0 Å². The van der Waals surface area contributed by atoms with E-state index in [1.165, 1.54) is 0 Å². The molecular weight excluding hydrogens is 212 g/mol. The molecule has 0 atom stereocenters. The molecule has 0 spiro atoms. The minimum atomic E-state index is 0.479. The molecule has 2 aromatic rings. The van der Waals surface area contributed by atoms with E-state index in [2.05, 4.69) is 9.97 Å². The number of hydrogen-bond acceptors (Lipinski definition) is 3. The summed E-state index contributed by atoms with van der Waals surface area (Å²) < 4.78 is 0. The summed E-state index contributed by atoms with van der Waals surface area (Å²) in [7, 11) is 0. The lowest BCUT2D eigenvalue weighted by Crippen LogP contribution is -1.80. The summed E-state index contributed by atoms with van der Waals surface area (Å²) in [6.45, 7) is 0. The number of aromatic nitrogens is 2. The van der Waals surface area contributed by atoms with Crippen LogP contribution in [-0.4, -0.2) is 16.3 Å². The molecular formula is C11H9ClN2O. The van der Waals surface area contributed by atoms with E-state index in [0.29, 0.717) is 10.8 Å². The summed E-state index contributed by atoms with van der Waals surface area (Å²) in [5.41, 5.74) is 0.479. The Kier molecular flexibility index (Phi) is 5.04. The topological polar surface area (TPSA) is 42.9 Å². The van der Waals surface area contributed by atoms with Crippen LogP contribution in [-0.2, 0) is 0 Å². The maximum atomic E-state index is 9.94. The van der Waals surface area contributed by atoms with Crippen molar-refractivity contribution in [3.05, 3.63) is 59.6 Å². The molecule has 0 unspecified atom stereocenters. The Morgan fingerprint density at radius 1 is 1.00 bits per heavy atom. The van der Waals surface area contributed by atoms with Crippen LogP contribution in [0.1, 0.15) is 10.5 Å². The molecule has 0 saturated carbocycles. The van der Waals surface area contributed by atoms with Gasteiger partial charge in [-0.3, -0.25) is 9.78 Å².